The molecule has 0 bridgehead atoms. The Balaban J connectivity index is 1.82. The average molecular weight is 339 g/mol. The molecular formula is C20H21NO4. The van der Waals surface area contributed by atoms with Gasteiger partial charge in [-0.05, 0) is 28.7 Å². The SMILES string of the molecule is COCc1cccc(CC(=O)N2CCc3ccccc3C2C(=O)O)c1. The number of benzene rings is 2. The highest BCUT2D eigenvalue weighted by atomic mass is 16.5. The van der Waals surface area contributed by atoms with Gasteiger partial charge in [-0.15, -0.1) is 0 Å². The number of hydrogen-bond acceptors (Lipinski definition) is 3. The summed E-state index contributed by atoms with van der Waals surface area (Å²) in [6, 6.07) is 14.2. The summed E-state index contributed by atoms with van der Waals surface area (Å²) in [5.74, 6) is -1.16. The van der Waals surface area contributed by atoms with E-state index >= 15 is 0 Å². The number of nitrogens with zero attached hydrogens (tertiary/aromatic N) is 1. The van der Waals surface area contributed by atoms with E-state index in [1.165, 1.54) is 4.90 Å². The number of hydrogen-bond donors (Lipinski definition) is 1. The molecule has 0 saturated carbocycles. The second-order valence-electron chi connectivity index (χ2n) is 6.21. The zero-order valence-corrected chi connectivity index (χ0v) is 14.1. The predicted octanol–water partition coefficient (Wildman–Crippen LogP) is 2.59. The molecule has 1 heterocycles. The highest BCUT2D eigenvalue weighted by molar-refractivity contribution is 5.86. The number of fused-ring (bicyclic) bond motifs is 1. The molecule has 1 N–H and O–H groups in total. The number of ether oxygens (including phenoxy) is 1. The summed E-state index contributed by atoms with van der Waals surface area (Å²) in [6.07, 6.45) is 0.860. The molecule has 5 heteroatoms. The van der Waals surface area contributed by atoms with E-state index < -0.39 is 12.0 Å². The van der Waals surface area contributed by atoms with Gasteiger partial charge in [0.25, 0.3) is 0 Å². The molecule has 5 nitrogen and oxygen atoms in total. The van der Waals surface area contributed by atoms with Crippen LogP contribution in [0.15, 0.2) is 48.5 Å². The molecule has 0 spiro atoms. The molecule has 1 unspecified atom stereocenters. The minimum absolute atomic E-state index is 0.170. The Bertz CT molecular complexity index is 787. The molecule has 0 aromatic heterocycles. The van der Waals surface area contributed by atoms with Gasteiger partial charge in [0.05, 0.1) is 13.0 Å². The normalized spacial score (nSPS) is 16.4. The number of aliphatic carboxylic acids is 1. The standard InChI is InChI=1S/C20H21NO4/c1-25-13-15-6-4-5-14(11-15)12-18(22)21-10-9-16-7-2-3-8-17(16)19(21)20(23)24/h2-8,11,19H,9-10,12-13H2,1H3,(H,23,24). The van der Waals surface area contributed by atoms with E-state index in [2.05, 4.69) is 0 Å². The third kappa shape index (κ3) is 3.72. The van der Waals surface area contributed by atoms with Gasteiger partial charge in [-0.1, -0.05) is 48.5 Å². The average Bonchev–Trinajstić information content (AvgIpc) is 2.61. The van der Waals surface area contributed by atoms with Crippen LogP contribution in [0.2, 0.25) is 0 Å². The van der Waals surface area contributed by atoms with Crippen molar-refractivity contribution in [3.63, 3.8) is 0 Å². The number of rotatable bonds is 5. The topological polar surface area (TPSA) is 66.8 Å². The van der Waals surface area contributed by atoms with Gasteiger partial charge in [0.2, 0.25) is 5.91 Å². The second-order valence-corrected chi connectivity index (χ2v) is 6.21. The van der Waals surface area contributed by atoms with E-state index in [0.717, 1.165) is 16.7 Å². The van der Waals surface area contributed by atoms with Crippen molar-refractivity contribution in [2.24, 2.45) is 0 Å². The van der Waals surface area contributed by atoms with E-state index in [0.29, 0.717) is 25.1 Å². The fourth-order valence-corrected chi connectivity index (χ4v) is 3.37. The maximum atomic E-state index is 12.8. The first-order valence-corrected chi connectivity index (χ1v) is 8.27. The van der Waals surface area contributed by atoms with Crippen molar-refractivity contribution >= 4 is 11.9 Å². The summed E-state index contributed by atoms with van der Waals surface area (Å²) in [4.78, 5) is 26.1. The number of carbonyl (C=O) groups is 2. The molecule has 0 radical (unpaired) electrons. The van der Waals surface area contributed by atoms with E-state index in [9.17, 15) is 14.7 Å². The highest BCUT2D eigenvalue weighted by Crippen LogP contribution is 2.30. The summed E-state index contributed by atoms with van der Waals surface area (Å²) in [5.41, 5.74) is 3.57. The lowest BCUT2D eigenvalue weighted by Crippen LogP contribution is -2.44. The molecule has 3 rings (SSSR count). The molecule has 130 valence electrons. The van der Waals surface area contributed by atoms with Gasteiger partial charge in [-0.25, -0.2) is 4.79 Å². The van der Waals surface area contributed by atoms with Crippen LogP contribution in [-0.4, -0.2) is 35.5 Å². The number of carbonyl (C=O) groups excluding carboxylic acids is 1. The summed E-state index contributed by atoms with van der Waals surface area (Å²) in [6.45, 7) is 0.904. The van der Waals surface area contributed by atoms with Crippen LogP contribution >= 0.6 is 0 Å². The predicted molar refractivity (Wildman–Crippen MR) is 93.1 cm³/mol. The van der Waals surface area contributed by atoms with Crippen molar-refractivity contribution in [3.05, 3.63) is 70.8 Å². The zero-order chi connectivity index (χ0) is 17.8. The molecular weight excluding hydrogens is 318 g/mol. The van der Waals surface area contributed by atoms with Crippen LogP contribution in [0.5, 0.6) is 0 Å². The fraction of sp³-hybridized carbons (Fsp3) is 0.300. The molecule has 1 aliphatic heterocycles. The van der Waals surface area contributed by atoms with E-state index in [1.54, 1.807) is 13.2 Å². The van der Waals surface area contributed by atoms with Gasteiger partial charge in [0.1, 0.15) is 0 Å². The second kappa shape index (κ2) is 7.49. The molecule has 2 aromatic carbocycles. The van der Waals surface area contributed by atoms with Gasteiger partial charge in [-0.2, -0.15) is 0 Å². The molecule has 0 aliphatic carbocycles. The van der Waals surface area contributed by atoms with Crippen molar-refractivity contribution in [3.8, 4) is 0 Å². The minimum Gasteiger partial charge on any atom is -0.479 e. The molecule has 0 saturated heterocycles. The first kappa shape index (κ1) is 17.2. The summed E-state index contributed by atoms with van der Waals surface area (Å²) < 4.78 is 5.12. The van der Waals surface area contributed by atoms with Crippen LogP contribution in [0, 0.1) is 0 Å². The van der Waals surface area contributed by atoms with Crippen molar-refractivity contribution in [2.75, 3.05) is 13.7 Å². The maximum Gasteiger partial charge on any atom is 0.331 e. The number of amides is 1. The van der Waals surface area contributed by atoms with Crippen molar-refractivity contribution in [2.45, 2.75) is 25.5 Å². The van der Waals surface area contributed by atoms with Crippen LogP contribution in [0.1, 0.15) is 28.3 Å². The van der Waals surface area contributed by atoms with Gasteiger partial charge in [0.15, 0.2) is 6.04 Å². The van der Waals surface area contributed by atoms with E-state index in [4.69, 9.17) is 4.74 Å². The molecule has 0 fully saturated rings. The van der Waals surface area contributed by atoms with Crippen LogP contribution in [0.25, 0.3) is 0 Å². The molecule has 1 atom stereocenters. The monoisotopic (exact) mass is 339 g/mol. The first-order chi connectivity index (χ1) is 12.1. The van der Waals surface area contributed by atoms with E-state index in [-0.39, 0.29) is 12.3 Å². The van der Waals surface area contributed by atoms with Crippen LogP contribution < -0.4 is 0 Å². The Morgan fingerprint density at radius 1 is 1.16 bits per heavy atom. The first-order valence-electron chi connectivity index (χ1n) is 8.27. The third-order valence-electron chi connectivity index (χ3n) is 4.50. The molecule has 25 heavy (non-hydrogen) atoms. The van der Waals surface area contributed by atoms with Crippen molar-refractivity contribution in [1.29, 1.82) is 0 Å². The summed E-state index contributed by atoms with van der Waals surface area (Å²) >= 11 is 0. The summed E-state index contributed by atoms with van der Waals surface area (Å²) in [7, 11) is 1.63. The highest BCUT2D eigenvalue weighted by Gasteiger charge is 2.35. The molecule has 2 aromatic rings. The number of methoxy groups -OCH3 is 1. The van der Waals surface area contributed by atoms with Gasteiger partial charge in [-0.3, -0.25) is 4.79 Å². The minimum atomic E-state index is -0.992. The Morgan fingerprint density at radius 2 is 1.92 bits per heavy atom. The molecule has 1 aliphatic rings. The lowest BCUT2D eigenvalue weighted by Gasteiger charge is -2.35. The van der Waals surface area contributed by atoms with Crippen LogP contribution in [0.4, 0.5) is 0 Å². The Labute approximate surface area is 146 Å². The van der Waals surface area contributed by atoms with Crippen molar-refractivity contribution in [1.82, 2.24) is 4.90 Å². The number of carboxylic acid groups (broad SMARTS) is 1. The van der Waals surface area contributed by atoms with Crippen molar-refractivity contribution < 1.29 is 19.4 Å². The smallest absolute Gasteiger partial charge is 0.331 e. The third-order valence-corrected chi connectivity index (χ3v) is 4.50. The molecule has 1 amide bonds. The van der Waals surface area contributed by atoms with Crippen LogP contribution in [-0.2, 0) is 33.8 Å². The maximum absolute atomic E-state index is 12.8. The quantitative estimate of drug-likeness (QED) is 0.909. The lowest BCUT2D eigenvalue weighted by atomic mass is 9.92. The Morgan fingerprint density at radius 3 is 2.68 bits per heavy atom. The number of carboxylic acids is 1. The van der Waals surface area contributed by atoms with E-state index in [1.807, 2.05) is 42.5 Å². The van der Waals surface area contributed by atoms with Gasteiger partial charge < -0.3 is 14.7 Å². The Kier molecular flexibility index (Phi) is 5.14. The zero-order valence-electron chi connectivity index (χ0n) is 14.1. The largest absolute Gasteiger partial charge is 0.479 e. The fourth-order valence-electron chi connectivity index (χ4n) is 3.37. The van der Waals surface area contributed by atoms with Gasteiger partial charge in [0, 0.05) is 13.7 Å². The Hall–Kier alpha value is -2.66. The van der Waals surface area contributed by atoms with Gasteiger partial charge >= 0.3 is 5.97 Å². The lowest BCUT2D eigenvalue weighted by molar-refractivity contribution is -0.151. The summed E-state index contributed by atoms with van der Waals surface area (Å²) in [5, 5.41) is 9.67. The van der Waals surface area contributed by atoms with Crippen LogP contribution in [0.3, 0.4) is 0 Å².